The number of primary amides is 1. The Bertz CT molecular complexity index is 1130. The molecule has 2 amide bonds. The van der Waals surface area contributed by atoms with E-state index in [4.69, 9.17) is 19.9 Å². The average Bonchev–Trinajstić information content (AvgIpc) is 3.51. The van der Waals surface area contributed by atoms with E-state index < -0.39 is 17.8 Å². The summed E-state index contributed by atoms with van der Waals surface area (Å²) in [6.45, 7) is 1.71. The fourth-order valence-electron chi connectivity index (χ4n) is 4.61. The van der Waals surface area contributed by atoms with Gasteiger partial charge >= 0.3 is 0 Å². The lowest BCUT2D eigenvalue weighted by Gasteiger charge is -2.38. The van der Waals surface area contributed by atoms with E-state index in [1.54, 1.807) is 0 Å². The maximum atomic E-state index is 13.3. The zero-order valence-corrected chi connectivity index (χ0v) is 18.5. The van der Waals surface area contributed by atoms with Crippen molar-refractivity contribution in [3.63, 3.8) is 0 Å². The van der Waals surface area contributed by atoms with Crippen LogP contribution in [0.25, 0.3) is 0 Å². The van der Waals surface area contributed by atoms with Crippen LogP contribution in [0.15, 0.2) is 47.6 Å². The molecular formula is C24H25FN4O5. The minimum atomic E-state index is -0.822. The molecular weight excluding hydrogens is 443 g/mol. The Kier molecular flexibility index (Phi) is 5.82. The minimum absolute atomic E-state index is 0.0681. The maximum absolute atomic E-state index is 13.3. The minimum Gasteiger partial charge on any atom is -0.454 e. The van der Waals surface area contributed by atoms with Crippen molar-refractivity contribution in [2.24, 2.45) is 10.8 Å². The summed E-state index contributed by atoms with van der Waals surface area (Å²) in [5.41, 5.74) is 6.93. The third-order valence-corrected chi connectivity index (χ3v) is 6.61. The van der Waals surface area contributed by atoms with Crippen LogP contribution in [0.2, 0.25) is 0 Å². The highest BCUT2D eigenvalue weighted by molar-refractivity contribution is 6.40. The molecule has 1 fully saturated rings. The third-order valence-electron chi connectivity index (χ3n) is 6.61. The summed E-state index contributed by atoms with van der Waals surface area (Å²) in [6.07, 6.45) is 1.52. The summed E-state index contributed by atoms with van der Waals surface area (Å²) in [5.74, 6) is -0.00631. The Hall–Kier alpha value is -3.66. The van der Waals surface area contributed by atoms with E-state index in [2.05, 4.69) is 10.4 Å². The second-order valence-electron chi connectivity index (χ2n) is 8.63. The SMILES string of the molecule is NC(=O)C1CC(C(=O)NCC2(c3ccc4c(c3)OCO4)CCOCC2)=NN1c1ccc(F)cc1. The van der Waals surface area contributed by atoms with Crippen LogP contribution >= 0.6 is 0 Å². The topological polar surface area (TPSA) is 115 Å². The Balaban J connectivity index is 1.34. The number of benzene rings is 2. The van der Waals surface area contributed by atoms with E-state index in [1.807, 2.05) is 18.2 Å². The molecule has 0 saturated carbocycles. The molecule has 3 N–H and O–H groups in total. The number of hydrogen-bond donors (Lipinski definition) is 2. The molecule has 1 unspecified atom stereocenters. The number of hydrogen-bond acceptors (Lipinski definition) is 7. The summed E-state index contributed by atoms with van der Waals surface area (Å²) >= 11 is 0. The Labute approximate surface area is 195 Å². The van der Waals surface area contributed by atoms with Crippen molar-refractivity contribution in [3.05, 3.63) is 53.8 Å². The Morgan fingerprint density at radius 1 is 1.12 bits per heavy atom. The quantitative estimate of drug-likeness (QED) is 0.669. The van der Waals surface area contributed by atoms with Gasteiger partial charge in [-0.1, -0.05) is 6.07 Å². The number of carbonyl (C=O) groups is 2. The van der Waals surface area contributed by atoms with Gasteiger partial charge in [0.15, 0.2) is 11.5 Å². The highest BCUT2D eigenvalue weighted by atomic mass is 19.1. The number of ether oxygens (including phenoxy) is 3. The van der Waals surface area contributed by atoms with E-state index in [0.717, 1.165) is 18.4 Å². The molecule has 3 aliphatic rings. The smallest absolute Gasteiger partial charge is 0.267 e. The van der Waals surface area contributed by atoms with Crippen molar-refractivity contribution < 1.29 is 28.2 Å². The van der Waals surface area contributed by atoms with Crippen LogP contribution in [-0.2, 0) is 19.7 Å². The first kappa shape index (κ1) is 22.1. The lowest BCUT2D eigenvalue weighted by Crippen LogP contribution is -2.46. The molecule has 0 aliphatic carbocycles. The normalized spacial score (nSPS) is 20.7. The van der Waals surface area contributed by atoms with Crippen molar-refractivity contribution in [3.8, 4) is 11.5 Å². The predicted octanol–water partition coefficient (Wildman–Crippen LogP) is 1.84. The molecule has 0 spiro atoms. The van der Waals surface area contributed by atoms with Crippen molar-refractivity contribution in [1.29, 1.82) is 0 Å². The molecule has 0 aromatic heterocycles. The summed E-state index contributed by atoms with van der Waals surface area (Å²) in [6, 6.07) is 10.5. The first-order chi connectivity index (χ1) is 16.4. The van der Waals surface area contributed by atoms with Gasteiger partial charge in [0.2, 0.25) is 12.7 Å². The number of fused-ring (bicyclic) bond motifs is 1. The molecule has 9 nitrogen and oxygen atoms in total. The number of anilines is 1. The van der Waals surface area contributed by atoms with Crippen molar-refractivity contribution in [2.45, 2.75) is 30.7 Å². The van der Waals surface area contributed by atoms with Crippen LogP contribution in [0.1, 0.15) is 24.8 Å². The van der Waals surface area contributed by atoms with E-state index in [9.17, 15) is 14.0 Å². The number of carbonyl (C=O) groups excluding carboxylic acids is 2. The second-order valence-corrected chi connectivity index (χ2v) is 8.63. The summed E-state index contributed by atoms with van der Waals surface area (Å²) in [7, 11) is 0. The summed E-state index contributed by atoms with van der Waals surface area (Å²) in [5, 5.41) is 8.73. The number of amides is 2. The molecule has 34 heavy (non-hydrogen) atoms. The predicted molar refractivity (Wildman–Crippen MR) is 121 cm³/mol. The number of rotatable bonds is 6. The van der Waals surface area contributed by atoms with Crippen LogP contribution < -0.4 is 25.5 Å². The zero-order valence-electron chi connectivity index (χ0n) is 18.5. The van der Waals surface area contributed by atoms with Gasteiger partial charge in [0.25, 0.3) is 5.91 Å². The van der Waals surface area contributed by atoms with E-state index >= 15 is 0 Å². The van der Waals surface area contributed by atoms with Gasteiger partial charge in [-0.3, -0.25) is 14.6 Å². The van der Waals surface area contributed by atoms with E-state index in [0.29, 0.717) is 36.9 Å². The fourth-order valence-corrected chi connectivity index (χ4v) is 4.61. The Morgan fingerprint density at radius 3 is 2.59 bits per heavy atom. The number of hydrazone groups is 1. The molecule has 5 rings (SSSR count). The van der Waals surface area contributed by atoms with E-state index in [-0.39, 0.29) is 30.2 Å². The zero-order chi connectivity index (χ0) is 23.7. The van der Waals surface area contributed by atoms with Crippen LogP contribution in [-0.4, -0.2) is 50.1 Å². The number of halogens is 1. The molecule has 3 heterocycles. The first-order valence-corrected chi connectivity index (χ1v) is 11.1. The van der Waals surface area contributed by atoms with Gasteiger partial charge in [0.1, 0.15) is 17.6 Å². The average molecular weight is 468 g/mol. The second kappa shape index (κ2) is 8.94. The van der Waals surface area contributed by atoms with Gasteiger partial charge in [0.05, 0.1) is 5.69 Å². The van der Waals surface area contributed by atoms with Crippen LogP contribution in [0.5, 0.6) is 11.5 Å². The van der Waals surface area contributed by atoms with Gasteiger partial charge in [-0.2, -0.15) is 5.10 Å². The monoisotopic (exact) mass is 468 g/mol. The first-order valence-electron chi connectivity index (χ1n) is 11.1. The number of nitrogens with two attached hydrogens (primary N) is 1. The summed E-state index contributed by atoms with van der Waals surface area (Å²) in [4.78, 5) is 25.1. The van der Waals surface area contributed by atoms with Gasteiger partial charge in [-0.05, 0) is 54.8 Å². The molecule has 2 aromatic carbocycles. The maximum Gasteiger partial charge on any atom is 0.267 e. The molecule has 2 aromatic rings. The molecule has 10 heteroatoms. The molecule has 1 atom stereocenters. The van der Waals surface area contributed by atoms with Gasteiger partial charge in [0, 0.05) is 31.6 Å². The van der Waals surface area contributed by atoms with Crippen LogP contribution in [0.4, 0.5) is 10.1 Å². The molecule has 3 aliphatic heterocycles. The van der Waals surface area contributed by atoms with E-state index in [1.165, 1.54) is 29.3 Å². The molecule has 1 saturated heterocycles. The molecule has 0 radical (unpaired) electrons. The number of nitrogens with one attached hydrogen (secondary N) is 1. The molecule has 0 bridgehead atoms. The third kappa shape index (κ3) is 4.16. The van der Waals surface area contributed by atoms with Gasteiger partial charge in [-0.15, -0.1) is 0 Å². The fraction of sp³-hybridized carbons (Fsp3) is 0.375. The van der Waals surface area contributed by atoms with Gasteiger partial charge < -0.3 is 25.3 Å². The van der Waals surface area contributed by atoms with Crippen LogP contribution in [0.3, 0.4) is 0 Å². The van der Waals surface area contributed by atoms with Crippen molar-refractivity contribution in [1.82, 2.24) is 5.32 Å². The highest BCUT2D eigenvalue weighted by Crippen LogP contribution is 2.40. The summed E-state index contributed by atoms with van der Waals surface area (Å²) < 4.78 is 29.9. The van der Waals surface area contributed by atoms with Crippen LogP contribution in [0, 0.1) is 5.82 Å². The Morgan fingerprint density at radius 2 is 1.85 bits per heavy atom. The highest BCUT2D eigenvalue weighted by Gasteiger charge is 2.38. The van der Waals surface area contributed by atoms with Crippen molar-refractivity contribution in [2.75, 3.05) is 31.6 Å². The lowest BCUT2D eigenvalue weighted by molar-refractivity contribution is -0.119. The standard InChI is InChI=1S/C24H25FN4O5/c25-16-2-4-17(5-3-16)29-19(22(26)30)12-18(28-29)23(31)27-13-24(7-9-32-10-8-24)15-1-6-20-21(11-15)34-14-33-20/h1-6,11,19H,7-10,12-14H2,(H2,26,30)(H,27,31). The lowest BCUT2D eigenvalue weighted by atomic mass is 9.74. The largest absolute Gasteiger partial charge is 0.454 e. The molecule has 178 valence electrons. The number of nitrogens with zero attached hydrogens (tertiary/aromatic N) is 2. The van der Waals surface area contributed by atoms with Gasteiger partial charge in [-0.25, -0.2) is 4.39 Å². The van der Waals surface area contributed by atoms with Crippen molar-refractivity contribution >= 4 is 23.2 Å².